The molecule has 0 saturated carbocycles. The van der Waals surface area contributed by atoms with Crippen LogP contribution in [0.3, 0.4) is 0 Å². The van der Waals surface area contributed by atoms with Crippen LogP contribution in [0.15, 0.2) is 24.3 Å². The number of rotatable bonds is 6. The zero-order valence-electron chi connectivity index (χ0n) is 16.1. The zero-order chi connectivity index (χ0) is 20.3. The first-order valence-corrected chi connectivity index (χ1v) is 11.4. The quantitative estimate of drug-likeness (QED) is 0.633. The lowest BCUT2D eigenvalue weighted by atomic mass is 9.93. The molecule has 4 nitrogen and oxygen atoms in total. The van der Waals surface area contributed by atoms with Gasteiger partial charge in [-0.05, 0) is 35.8 Å². The van der Waals surface area contributed by atoms with Gasteiger partial charge in [-0.2, -0.15) is 13.2 Å². The highest BCUT2D eigenvalue weighted by Crippen LogP contribution is 2.37. The van der Waals surface area contributed by atoms with E-state index in [2.05, 4.69) is 39.2 Å². The Bertz CT molecular complexity index is 610. The van der Waals surface area contributed by atoms with Crippen LogP contribution < -0.4 is 5.32 Å². The molecule has 0 fully saturated rings. The van der Waals surface area contributed by atoms with E-state index in [0.29, 0.717) is 5.56 Å². The van der Waals surface area contributed by atoms with E-state index in [1.165, 1.54) is 12.1 Å². The van der Waals surface area contributed by atoms with Crippen molar-refractivity contribution in [3.63, 3.8) is 0 Å². The number of hydrogen-bond donors (Lipinski definition) is 2. The number of amides is 1. The Balaban J connectivity index is 2.96. The number of carbonyl (C=O) groups is 1. The molecule has 0 aliphatic heterocycles. The molecule has 0 heterocycles. The zero-order valence-corrected chi connectivity index (χ0v) is 17.1. The van der Waals surface area contributed by atoms with Crippen molar-refractivity contribution in [3.05, 3.63) is 35.4 Å². The van der Waals surface area contributed by atoms with Crippen LogP contribution in [0.4, 0.5) is 18.0 Å². The first-order valence-electron chi connectivity index (χ1n) is 8.46. The van der Waals surface area contributed by atoms with E-state index in [-0.39, 0.29) is 17.6 Å². The predicted octanol–water partition coefficient (Wildman–Crippen LogP) is 5.47. The van der Waals surface area contributed by atoms with Gasteiger partial charge in [0.1, 0.15) is 0 Å². The summed E-state index contributed by atoms with van der Waals surface area (Å²) in [6.45, 7) is 12.3. The van der Waals surface area contributed by atoms with Crippen LogP contribution >= 0.6 is 0 Å². The molecule has 0 radical (unpaired) electrons. The van der Waals surface area contributed by atoms with E-state index in [1.807, 2.05) is 0 Å². The Kier molecular flexibility index (Phi) is 6.92. The Morgan fingerprint density at radius 1 is 1.19 bits per heavy atom. The highest BCUT2D eigenvalue weighted by atomic mass is 28.4. The van der Waals surface area contributed by atoms with Crippen molar-refractivity contribution >= 4 is 14.4 Å². The molecule has 1 aromatic rings. The highest BCUT2D eigenvalue weighted by molar-refractivity contribution is 6.74. The van der Waals surface area contributed by atoms with Gasteiger partial charge in [0.15, 0.2) is 8.32 Å². The van der Waals surface area contributed by atoms with Crippen LogP contribution in [-0.4, -0.2) is 32.2 Å². The predicted molar refractivity (Wildman–Crippen MR) is 98.0 cm³/mol. The van der Waals surface area contributed by atoms with E-state index in [0.717, 1.165) is 12.1 Å². The number of halogens is 3. The summed E-state index contributed by atoms with van der Waals surface area (Å²) in [6.07, 6.45) is -5.58. The maximum Gasteiger partial charge on any atom is 0.416 e. The van der Waals surface area contributed by atoms with Crippen LogP contribution in [-0.2, 0) is 10.6 Å². The summed E-state index contributed by atoms with van der Waals surface area (Å²) in [7, 11) is -2.08. The Hall–Kier alpha value is -1.54. The second-order valence-corrected chi connectivity index (χ2v) is 12.8. The van der Waals surface area contributed by atoms with E-state index < -0.39 is 32.2 Å². The maximum atomic E-state index is 12.7. The third kappa shape index (κ3) is 6.02. The molecule has 26 heavy (non-hydrogen) atoms. The summed E-state index contributed by atoms with van der Waals surface area (Å²) in [4.78, 5) is 11.1. The van der Waals surface area contributed by atoms with Crippen molar-refractivity contribution in [2.45, 2.75) is 64.0 Å². The number of alkyl halides is 3. The smallest absolute Gasteiger partial charge is 0.416 e. The fourth-order valence-corrected chi connectivity index (χ4v) is 3.22. The molecule has 2 N–H and O–H groups in total. The van der Waals surface area contributed by atoms with Gasteiger partial charge in [-0.1, -0.05) is 39.8 Å². The molecule has 2 atom stereocenters. The largest absolute Gasteiger partial charge is 0.465 e. The molecule has 0 aliphatic carbocycles. The lowest BCUT2D eigenvalue weighted by Crippen LogP contribution is -2.47. The van der Waals surface area contributed by atoms with Gasteiger partial charge in [0, 0.05) is 5.92 Å². The van der Waals surface area contributed by atoms with Gasteiger partial charge in [-0.3, -0.25) is 0 Å². The second-order valence-electron chi connectivity index (χ2n) is 8.04. The molecule has 1 aromatic carbocycles. The minimum absolute atomic E-state index is 0.0294. The topological polar surface area (TPSA) is 58.6 Å². The first-order chi connectivity index (χ1) is 11.6. The van der Waals surface area contributed by atoms with Crippen LogP contribution in [0, 0.1) is 0 Å². The maximum absolute atomic E-state index is 12.7. The summed E-state index contributed by atoms with van der Waals surface area (Å²) in [6, 6.07) is 4.24. The van der Waals surface area contributed by atoms with Crippen molar-refractivity contribution in [1.29, 1.82) is 0 Å². The Labute approximate surface area is 153 Å². The van der Waals surface area contributed by atoms with Gasteiger partial charge in [0.2, 0.25) is 0 Å². The molecule has 0 unspecified atom stereocenters. The average Bonchev–Trinajstić information content (AvgIpc) is 2.48. The van der Waals surface area contributed by atoms with Gasteiger partial charge in [0.25, 0.3) is 0 Å². The van der Waals surface area contributed by atoms with Gasteiger partial charge in [-0.15, -0.1) is 0 Å². The Morgan fingerprint density at radius 3 is 2.08 bits per heavy atom. The molecule has 8 heteroatoms. The molecule has 0 bridgehead atoms. The van der Waals surface area contributed by atoms with Gasteiger partial charge < -0.3 is 14.8 Å². The molecular weight excluding hydrogens is 363 g/mol. The monoisotopic (exact) mass is 391 g/mol. The third-order valence-corrected chi connectivity index (χ3v) is 9.61. The lowest BCUT2D eigenvalue weighted by Gasteiger charge is -2.38. The van der Waals surface area contributed by atoms with Crippen molar-refractivity contribution in [2.24, 2.45) is 0 Å². The van der Waals surface area contributed by atoms with Crippen molar-refractivity contribution < 1.29 is 27.5 Å². The van der Waals surface area contributed by atoms with E-state index in [4.69, 9.17) is 9.53 Å². The summed E-state index contributed by atoms with van der Waals surface area (Å²) in [5, 5.41) is 11.5. The van der Waals surface area contributed by atoms with Gasteiger partial charge in [-0.25, -0.2) is 4.79 Å². The first kappa shape index (κ1) is 22.5. The van der Waals surface area contributed by atoms with E-state index in [9.17, 15) is 18.0 Å². The van der Waals surface area contributed by atoms with Crippen LogP contribution in [0.2, 0.25) is 18.1 Å². The van der Waals surface area contributed by atoms with E-state index in [1.54, 1.807) is 6.92 Å². The summed E-state index contributed by atoms with van der Waals surface area (Å²) < 4.78 is 44.2. The number of nitrogens with one attached hydrogen (secondary N) is 1. The van der Waals surface area contributed by atoms with Crippen molar-refractivity contribution in [2.75, 3.05) is 6.61 Å². The van der Waals surface area contributed by atoms with Crippen molar-refractivity contribution in [3.8, 4) is 0 Å². The van der Waals surface area contributed by atoms with Crippen LogP contribution in [0.1, 0.15) is 44.7 Å². The molecule has 1 amide bonds. The molecule has 0 spiro atoms. The highest BCUT2D eigenvalue weighted by Gasteiger charge is 2.38. The summed E-state index contributed by atoms with van der Waals surface area (Å²) in [5.74, 6) is -0.335. The van der Waals surface area contributed by atoms with Gasteiger partial charge >= 0.3 is 12.3 Å². The fraction of sp³-hybridized carbons (Fsp3) is 0.611. The van der Waals surface area contributed by atoms with Crippen molar-refractivity contribution in [1.82, 2.24) is 5.32 Å². The number of hydrogen-bond acceptors (Lipinski definition) is 2. The normalized spacial score (nSPS) is 15.4. The molecule has 1 rings (SSSR count). The molecule has 0 aromatic heterocycles. The van der Waals surface area contributed by atoms with Crippen LogP contribution in [0.5, 0.6) is 0 Å². The van der Waals surface area contributed by atoms with Gasteiger partial charge in [0.05, 0.1) is 18.2 Å². The SMILES string of the molecule is C[C@@H](c1ccc(C(F)(F)F)cc1)[C@@H](CO[Si](C)(C)C(C)(C)C)NC(=O)O. The molecule has 148 valence electrons. The summed E-state index contributed by atoms with van der Waals surface area (Å²) >= 11 is 0. The molecule has 0 aliphatic rings. The number of carboxylic acid groups (broad SMARTS) is 1. The molecular formula is C18H28F3NO3Si. The lowest BCUT2D eigenvalue weighted by molar-refractivity contribution is -0.137. The third-order valence-electron chi connectivity index (χ3n) is 5.11. The summed E-state index contributed by atoms with van der Waals surface area (Å²) in [5.41, 5.74) is -0.107. The Morgan fingerprint density at radius 2 is 1.69 bits per heavy atom. The van der Waals surface area contributed by atoms with E-state index >= 15 is 0 Å². The van der Waals surface area contributed by atoms with Crippen LogP contribution in [0.25, 0.3) is 0 Å². The minimum atomic E-state index is -4.40. The average molecular weight is 392 g/mol. The second kappa shape index (κ2) is 8.00. The fourth-order valence-electron chi connectivity index (χ4n) is 2.19. The standard InChI is InChI=1S/C18H28F3NO3Si/c1-12(13-7-9-14(10-8-13)18(19,20)21)15(22-16(23)24)11-25-26(5,6)17(2,3)4/h7-10,12,15,22H,11H2,1-6H3,(H,23,24)/t12-,15+/m0/s1. The molecule has 0 saturated heterocycles. The number of benzene rings is 1. The minimum Gasteiger partial charge on any atom is -0.465 e.